The van der Waals surface area contributed by atoms with Gasteiger partial charge in [-0.05, 0) is 11.3 Å². The number of rotatable bonds is 5. The number of hydrogen-bond acceptors (Lipinski definition) is 4. The van der Waals surface area contributed by atoms with Gasteiger partial charge in [0.2, 0.25) is 0 Å². The zero-order valence-corrected chi connectivity index (χ0v) is 14.1. The minimum atomic E-state index is -3.36. The molecule has 2 aromatic rings. The van der Waals surface area contributed by atoms with E-state index in [1.807, 2.05) is 54.6 Å². The van der Waals surface area contributed by atoms with Gasteiger partial charge in [-0.3, -0.25) is 9.59 Å². The summed E-state index contributed by atoms with van der Waals surface area (Å²) in [4.78, 5) is 23.2. The van der Waals surface area contributed by atoms with Crippen molar-refractivity contribution in [3.05, 3.63) is 71.9 Å². The Balaban J connectivity index is 2.49. The lowest BCUT2D eigenvalue weighted by atomic mass is 10.2. The molecule has 0 bridgehead atoms. The monoisotopic (exact) mass is 326 g/mol. The standard InChI is InChI=1S/C18H18O4Si/c1-15(19)21-23(22-16(2)20,18-11-7-4-8-12-18)14-13-17-9-5-3-6-10-17/h3-14H,1-2H3. The van der Waals surface area contributed by atoms with Gasteiger partial charge >= 0.3 is 8.56 Å². The second kappa shape index (κ2) is 7.55. The second-order valence-corrected chi connectivity index (χ2v) is 7.62. The fourth-order valence-corrected chi connectivity index (χ4v) is 4.70. The van der Waals surface area contributed by atoms with Gasteiger partial charge in [0.15, 0.2) is 0 Å². The first kappa shape index (κ1) is 16.7. The predicted molar refractivity (Wildman–Crippen MR) is 90.8 cm³/mol. The van der Waals surface area contributed by atoms with Crippen LogP contribution < -0.4 is 5.19 Å². The summed E-state index contributed by atoms with van der Waals surface area (Å²) in [5.41, 5.74) is 2.64. The van der Waals surface area contributed by atoms with Crippen LogP contribution in [-0.2, 0) is 18.4 Å². The van der Waals surface area contributed by atoms with Crippen LogP contribution in [0.2, 0.25) is 0 Å². The fourth-order valence-electron chi connectivity index (χ4n) is 2.17. The minimum Gasteiger partial charge on any atom is -0.479 e. The van der Waals surface area contributed by atoms with E-state index >= 15 is 0 Å². The van der Waals surface area contributed by atoms with Gasteiger partial charge in [0.25, 0.3) is 11.9 Å². The average molecular weight is 326 g/mol. The van der Waals surface area contributed by atoms with Crippen molar-refractivity contribution in [1.29, 1.82) is 0 Å². The Hall–Kier alpha value is -2.66. The molecule has 0 atom stereocenters. The molecule has 0 saturated heterocycles. The number of benzene rings is 2. The van der Waals surface area contributed by atoms with Gasteiger partial charge in [-0.2, -0.15) is 0 Å². The Labute approximate surface area is 136 Å². The van der Waals surface area contributed by atoms with Gasteiger partial charge < -0.3 is 8.85 Å². The van der Waals surface area contributed by atoms with Gasteiger partial charge in [-0.25, -0.2) is 0 Å². The van der Waals surface area contributed by atoms with E-state index in [1.54, 1.807) is 17.8 Å². The Morgan fingerprint density at radius 1 is 0.826 bits per heavy atom. The van der Waals surface area contributed by atoms with E-state index in [0.29, 0.717) is 5.19 Å². The van der Waals surface area contributed by atoms with Crippen LogP contribution in [0.5, 0.6) is 0 Å². The van der Waals surface area contributed by atoms with Crippen LogP contribution >= 0.6 is 0 Å². The molecule has 0 N–H and O–H groups in total. The normalized spacial score (nSPS) is 11.2. The summed E-state index contributed by atoms with van der Waals surface area (Å²) in [6.45, 7) is 2.62. The van der Waals surface area contributed by atoms with E-state index < -0.39 is 20.5 Å². The molecule has 0 saturated carbocycles. The molecule has 5 heteroatoms. The Morgan fingerprint density at radius 3 is 1.78 bits per heavy atom. The molecule has 0 aliphatic carbocycles. The first-order valence-corrected chi connectivity index (χ1v) is 9.10. The summed E-state index contributed by atoms with van der Waals surface area (Å²) in [5.74, 6) is -0.973. The summed E-state index contributed by atoms with van der Waals surface area (Å²) in [6, 6.07) is 18.7. The van der Waals surface area contributed by atoms with Crippen LogP contribution in [0.1, 0.15) is 19.4 Å². The van der Waals surface area contributed by atoms with Gasteiger partial charge in [0.1, 0.15) is 0 Å². The maximum Gasteiger partial charge on any atom is 0.527 e. The first-order chi connectivity index (χ1) is 11.0. The van der Waals surface area contributed by atoms with Crippen molar-refractivity contribution in [1.82, 2.24) is 0 Å². The molecule has 118 valence electrons. The summed E-state index contributed by atoms with van der Waals surface area (Å²) in [7, 11) is -3.36. The van der Waals surface area contributed by atoms with Crippen LogP contribution in [0.4, 0.5) is 0 Å². The van der Waals surface area contributed by atoms with E-state index in [-0.39, 0.29) is 0 Å². The molecule has 2 aromatic carbocycles. The van der Waals surface area contributed by atoms with Crippen molar-refractivity contribution in [3.8, 4) is 0 Å². The third kappa shape index (κ3) is 4.65. The fraction of sp³-hybridized carbons (Fsp3) is 0.111. The average Bonchev–Trinajstić information content (AvgIpc) is 2.53. The molecular formula is C18H18O4Si. The molecule has 0 amide bonds. The molecule has 0 heterocycles. The maximum absolute atomic E-state index is 11.6. The van der Waals surface area contributed by atoms with Crippen molar-refractivity contribution in [2.75, 3.05) is 0 Å². The molecule has 0 aliphatic rings. The van der Waals surface area contributed by atoms with Crippen molar-refractivity contribution >= 4 is 31.8 Å². The van der Waals surface area contributed by atoms with Gasteiger partial charge in [-0.1, -0.05) is 66.7 Å². The maximum atomic E-state index is 11.6. The number of hydrogen-bond donors (Lipinski definition) is 0. The number of carbonyl (C=O) groups excluding carboxylic acids is 2. The molecule has 2 rings (SSSR count). The molecule has 0 unspecified atom stereocenters. The van der Waals surface area contributed by atoms with E-state index in [9.17, 15) is 9.59 Å². The van der Waals surface area contributed by atoms with E-state index in [2.05, 4.69) is 0 Å². The highest BCUT2D eigenvalue weighted by molar-refractivity contribution is 6.88. The van der Waals surface area contributed by atoms with E-state index in [4.69, 9.17) is 8.85 Å². The zero-order valence-electron chi connectivity index (χ0n) is 13.1. The Morgan fingerprint density at radius 2 is 1.30 bits per heavy atom. The van der Waals surface area contributed by atoms with E-state index in [0.717, 1.165) is 5.56 Å². The molecule has 23 heavy (non-hydrogen) atoms. The van der Waals surface area contributed by atoms with Gasteiger partial charge in [0, 0.05) is 19.0 Å². The van der Waals surface area contributed by atoms with Crippen molar-refractivity contribution < 1.29 is 18.4 Å². The van der Waals surface area contributed by atoms with Crippen molar-refractivity contribution in [2.24, 2.45) is 0 Å². The van der Waals surface area contributed by atoms with Crippen molar-refractivity contribution in [3.63, 3.8) is 0 Å². The van der Waals surface area contributed by atoms with Crippen LogP contribution in [0.15, 0.2) is 66.4 Å². The van der Waals surface area contributed by atoms with Crippen LogP contribution in [-0.4, -0.2) is 20.5 Å². The van der Waals surface area contributed by atoms with E-state index in [1.165, 1.54) is 13.8 Å². The molecule has 0 aliphatic heterocycles. The van der Waals surface area contributed by atoms with Gasteiger partial charge in [0.05, 0.1) is 0 Å². The third-order valence-electron chi connectivity index (χ3n) is 3.06. The molecular weight excluding hydrogens is 308 g/mol. The Bertz CT molecular complexity index is 679. The van der Waals surface area contributed by atoms with Crippen LogP contribution in [0.3, 0.4) is 0 Å². The minimum absolute atomic E-state index is 0.487. The molecule has 4 nitrogen and oxygen atoms in total. The summed E-state index contributed by atoms with van der Waals surface area (Å²) in [5, 5.41) is 0.692. The van der Waals surface area contributed by atoms with Crippen LogP contribution in [0, 0.1) is 0 Å². The lowest BCUT2D eigenvalue weighted by molar-refractivity contribution is -0.138. The summed E-state index contributed by atoms with van der Waals surface area (Å²) in [6.07, 6.45) is 1.81. The molecule has 0 radical (unpaired) electrons. The lowest BCUT2D eigenvalue weighted by Gasteiger charge is -2.26. The smallest absolute Gasteiger partial charge is 0.479 e. The topological polar surface area (TPSA) is 52.6 Å². The molecule has 0 aromatic heterocycles. The number of carbonyl (C=O) groups is 2. The SMILES string of the molecule is CC(=O)O[Si](C=Cc1ccccc1)(OC(C)=O)c1ccccc1. The van der Waals surface area contributed by atoms with Crippen molar-refractivity contribution in [2.45, 2.75) is 13.8 Å². The highest BCUT2D eigenvalue weighted by atomic mass is 28.4. The highest BCUT2D eigenvalue weighted by Gasteiger charge is 2.44. The quantitative estimate of drug-likeness (QED) is 0.793. The Kier molecular flexibility index (Phi) is 5.49. The highest BCUT2D eigenvalue weighted by Crippen LogP contribution is 2.14. The zero-order chi connectivity index (χ0) is 16.7. The first-order valence-electron chi connectivity index (χ1n) is 7.21. The van der Waals surface area contributed by atoms with Crippen LogP contribution in [0.25, 0.3) is 6.08 Å². The summed E-state index contributed by atoms with van der Waals surface area (Å²) < 4.78 is 11.1. The third-order valence-corrected chi connectivity index (χ3v) is 5.99. The molecule has 0 fully saturated rings. The lowest BCUT2D eigenvalue weighted by Crippen LogP contribution is -2.54. The predicted octanol–water partition coefficient (Wildman–Crippen LogP) is 2.71. The second-order valence-electron chi connectivity index (χ2n) is 4.96. The molecule has 0 spiro atoms. The largest absolute Gasteiger partial charge is 0.527 e. The van der Waals surface area contributed by atoms with Gasteiger partial charge in [-0.15, -0.1) is 0 Å². The summed E-state index contributed by atoms with van der Waals surface area (Å²) >= 11 is 0.